The molecule has 1 aromatic carbocycles. The zero-order valence-corrected chi connectivity index (χ0v) is 18.8. The van der Waals surface area contributed by atoms with Crippen LogP contribution in [0.25, 0.3) is 0 Å². The van der Waals surface area contributed by atoms with Gasteiger partial charge in [0.2, 0.25) is 5.75 Å². The average molecular weight is 466 g/mol. The molecule has 0 bridgehead atoms. The SMILES string of the molecule is O=c1[nH]cnc(CC(CNCCF)c2ccc(C#Cc3cnn(C4CCOCC4)c3)cc2)c1O. The molecule has 1 atom stereocenters. The van der Waals surface area contributed by atoms with E-state index in [1.807, 2.05) is 35.1 Å². The number of rotatable bonds is 8. The number of hydrogen-bond donors (Lipinski definition) is 3. The maximum Gasteiger partial charge on any atom is 0.293 e. The number of halogens is 1. The van der Waals surface area contributed by atoms with Crippen LogP contribution in [0.3, 0.4) is 0 Å². The van der Waals surface area contributed by atoms with E-state index in [1.165, 1.54) is 6.33 Å². The number of nitrogens with one attached hydrogen (secondary N) is 2. The normalized spacial score (nSPS) is 15.0. The molecule has 3 N–H and O–H groups in total. The molecule has 0 radical (unpaired) electrons. The minimum atomic E-state index is -0.578. The van der Waals surface area contributed by atoms with Crippen molar-refractivity contribution in [3.63, 3.8) is 0 Å². The van der Waals surface area contributed by atoms with Gasteiger partial charge in [-0.2, -0.15) is 5.10 Å². The van der Waals surface area contributed by atoms with E-state index in [9.17, 15) is 14.3 Å². The Balaban J connectivity index is 1.46. The van der Waals surface area contributed by atoms with Gasteiger partial charge in [-0.05, 0) is 30.5 Å². The van der Waals surface area contributed by atoms with Crippen molar-refractivity contribution in [3.05, 3.63) is 75.7 Å². The molecule has 34 heavy (non-hydrogen) atoms. The summed E-state index contributed by atoms with van der Waals surface area (Å²) in [6.45, 7) is 1.77. The summed E-state index contributed by atoms with van der Waals surface area (Å²) in [5, 5.41) is 17.6. The van der Waals surface area contributed by atoms with Gasteiger partial charge in [0.15, 0.2) is 0 Å². The Kier molecular flexibility index (Phi) is 8.07. The van der Waals surface area contributed by atoms with Crippen LogP contribution in [0.2, 0.25) is 0 Å². The zero-order valence-electron chi connectivity index (χ0n) is 18.8. The fraction of sp³-hybridized carbons (Fsp3) is 0.400. The summed E-state index contributed by atoms with van der Waals surface area (Å²) < 4.78 is 20.0. The van der Waals surface area contributed by atoms with E-state index in [0.717, 1.165) is 42.7 Å². The maximum atomic E-state index is 12.6. The van der Waals surface area contributed by atoms with E-state index >= 15 is 0 Å². The van der Waals surface area contributed by atoms with Gasteiger partial charge in [0.05, 0.1) is 29.8 Å². The van der Waals surface area contributed by atoms with Crippen molar-refractivity contribution >= 4 is 0 Å². The van der Waals surface area contributed by atoms with E-state index in [2.05, 4.69) is 32.2 Å². The summed E-state index contributed by atoms with van der Waals surface area (Å²) in [6.07, 6.45) is 7.29. The Bertz CT molecular complexity index is 1190. The van der Waals surface area contributed by atoms with Crippen molar-refractivity contribution in [1.82, 2.24) is 25.1 Å². The lowest BCUT2D eigenvalue weighted by Crippen LogP contribution is -2.25. The number of hydrogen-bond acceptors (Lipinski definition) is 6. The Morgan fingerprint density at radius 1 is 1.24 bits per heavy atom. The number of aromatic hydroxyl groups is 1. The summed E-state index contributed by atoms with van der Waals surface area (Å²) in [5.41, 5.74) is 2.42. The van der Waals surface area contributed by atoms with Crippen molar-refractivity contribution in [2.45, 2.75) is 31.2 Å². The quantitative estimate of drug-likeness (QED) is 0.348. The third kappa shape index (κ3) is 6.10. The molecule has 9 heteroatoms. The number of alkyl halides is 1. The molecule has 1 aliphatic heterocycles. The second kappa shape index (κ2) is 11.6. The first kappa shape index (κ1) is 23.7. The van der Waals surface area contributed by atoms with E-state index in [-0.39, 0.29) is 18.2 Å². The number of benzene rings is 1. The van der Waals surface area contributed by atoms with Gasteiger partial charge >= 0.3 is 0 Å². The highest BCUT2D eigenvalue weighted by atomic mass is 19.1. The molecule has 0 aliphatic carbocycles. The van der Waals surface area contributed by atoms with Crippen molar-refractivity contribution in [2.75, 3.05) is 33.0 Å². The van der Waals surface area contributed by atoms with Gasteiger partial charge in [-0.1, -0.05) is 24.0 Å². The molecule has 1 aliphatic rings. The average Bonchev–Trinajstić information content (AvgIpc) is 3.35. The smallest absolute Gasteiger partial charge is 0.293 e. The fourth-order valence-electron chi connectivity index (χ4n) is 4.00. The minimum Gasteiger partial charge on any atom is -0.502 e. The lowest BCUT2D eigenvalue weighted by Gasteiger charge is -2.22. The first-order valence-electron chi connectivity index (χ1n) is 11.4. The predicted molar refractivity (Wildman–Crippen MR) is 126 cm³/mol. The molecular weight excluding hydrogens is 437 g/mol. The minimum absolute atomic E-state index is 0.105. The summed E-state index contributed by atoms with van der Waals surface area (Å²) in [5.74, 6) is 5.84. The van der Waals surface area contributed by atoms with Crippen LogP contribution in [0.4, 0.5) is 4.39 Å². The van der Waals surface area contributed by atoms with Gasteiger partial charge in [0.1, 0.15) is 6.67 Å². The molecule has 1 fully saturated rings. The maximum absolute atomic E-state index is 12.6. The van der Waals surface area contributed by atoms with E-state index < -0.39 is 12.2 Å². The van der Waals surface area contributed by atoms with Crippen molar-refractivity contribution in [1.29, 1.82) is 0 Å². The number of ether oxygens (including phenoxy) is 1. The van der Waals surface area contributed by atoms with Crippen LogP contribution in [0.1, 0.15) is 47.2 Å². The van der Waals surface area contributed by atoms with Crippen LogP contribution in [-0.2, 0) is 11.2 Å². The van der Waals surface area contributed by atoms with Crippen LogP contribution in [0.15, 0.2) is 47.8 Å². The molecule has 1 unspecified atom stereocenters. The number of H-pyrrole nitrogens is 1. The van der Waals surface area contributed by atoms with Gasteiger partial charge in [0.25, 0.3) is 5.56 Å². The van der Waals surface area contributed by atoms with Crippen molar-refractivity contribution < 1.29 is 14.2 Å². The third-order valence-corrected chi connectivity index (χ3v) is 5.91. The molecule has 3 aromatic rings. The molecule has 0 spiro atoms. The number of aromatic nitrogens is 4. The van der Waals surface area contributed by atoms with Gasteiger partial charge in [-0.3, -0.25) is 9.48 Å². The van der Waals surface area contributed by atoms with Gasteiger partial charge in [0, 0.05) is 50.4 Å². The largest absolute Gasteiger partial charge is 0.502 e. The molecule has 0 amide bonds. The molecule has 0 saturated carbocycles. The van der Waals surface area contributed by atoms with Crippen LogP contribution >= 0.6 is 0 Å². The summed E-state index contributed by atoms with van der Waals surface area (Å²) in [6, 6.07) is 8.14. The van der Waals surface area contributed by atoms with Gasteiger partial charge < -0.3 is 20.1 Å². The topological polar surface area (TPSA) is 105 Å². The van der Waals surface area contributed by atoms with E-state index in [1.54, 1.807) is 6.20 Å². The molecule has 4 rings (SSSR count). The second-order valence-electron chi connectivity index (χ2n) is 8.25. The van der Waals surface area contributed by atoms with Gasteiger partial charge in [-0.25, -0.2) is 9.37 Å². The Morgan fingerprint density at radius 2 is 2.00 bits per heavy atom. The summed E-state index contributed by atoms with van der Waals surface area (Å²) in [7, 11) is 0. The van der Waals surface area contributed by atoms with Crippen LogP contribution in [-0.4, -0.2) is 57.8 Å². The number of nitrogens with zero attached hydrogens (tertiary/aromatic N) is 3. The zero-order chi connectivity index (χ0) is 23.8. The van der Waals surface area contributed by atoms with E-state index in [4.69, 9.17) is 4.74 Å². The van der Waals surface area contributed by atoms with Crippen LogP contribution < -0.4 is 10.9 Å². The molecule has 1 saturated heterocycles. The molecule has 178 valence electrons. The highest BCUT2D eigenvalue weighted by Gasteiger charge is 2.18. The monoisotopic (exact) mass is 465 g/mol. The first-order valence-corrected chi connectivity index (χ1v) is 11.4. The molecule has 8 nitrogen and oxygen atoms in total. The highest BCUT2D eigenvalue weighted by molar-refractivity contribution is 5.42. The molecule has 3 heterocycles. The van der Waals surface area contributed by atoms with E-state index in [0.29, 0.717) is 24.7 Å². The van der Waals surface area contributed by atoms with Gasteiger partial charge in [-0.15, -0.1) is 0 Å². The highest BCUT2D eigenvalue weighted by Crippen LogP contribution is 2.23. The second-order valence-corrected chi connectivity index (χ2v) is 8.25. The Labute approximate surface area is 197 Å². The summed E-state index contributed by atoms with van der Waals surface area (Å²) >= 11 is 0. The van der Waals surface area contributed by atoms with Crippen molar-refractivity contribution in [3.8, 4) is 17.6 Å². The number of aromatic amines is 1. The van der Waals surface area contributed by atoms with Crippen molar-refractivity contribution in [2.24, 2.45) is 0 Å². The lowest BCUT2D eigenvalue weighted by atomic mass is 9.93. The Morgan fingerprint density at radius 3 is 2.76 bits per heavy atom. The van der Waals surface area contributed by atoms with Crippen LogP contribution in [0, 0.1) is 11.8 Å². The standard InChI is InChI=1S/C25H28FN5O3/c26-9-10-27-15-21(13-23-24(32)25(33)29-17-28-23)20-5-3-18(4-6-20)1-2-19-14-30-31(16-19)22-7-11-34-12-8-22/h3-6,14,16-17,21-22,27,32H,7-13,15H2,(H,28,29,33). The summed E-state index contributed by atoms with van der Waals surface area (Å²) in [4.78, 5) is 18.2. The lowest BCUT2D eigenvalue weighted by molar-refractivity contribution is 0.0662. The third-order valence-electron chi connectivity index (χ3n) is 5.91. The fourth-order valence-corrected chi connectivity index (χ4v) is 4.00. The predicted octanol–water partition coefficient (Wildman–Crippen LogP) is 2.31. The molecular formula is C25H28FN5O3. The first-order chi connectivity index (χ1) is 16.6. The molecule has 2 aromatic heterocycles. The Hall–Kier alpha value is -3.48. The van der Waals surface area contributed by atoms with Crippen LogP contribution in [0.5, 0.6) is 5.75 Å².